The third-order valence-electron chi connectivity index (χ3n) is 3.24. The predicted octanol–water partition coefficient (Wildman–Crippen LogP) is 2.21. The molecule has 82 valence electrons. The van der Waals surface area contributed by atoms with Crippen LogP contribution in [-0.2, 0) is 19.2 Å². The van der Waals surface area contributed by atoms with Gasteiger partial charge in [-0.3, -0.25) is 14.9 Å². The summed E-state index contributed by atoms with van der Waals surface area (Å²) in [5.41, 5.74) is 1.39. The molecule has 0 saturated heterocycles. The van der Waals surface area contributed by atoms with E-state index in [1.165, 1.54) is 0 Å². The Labute approximate surface area is 95.2 Å². The van der Waals surface area contributed by atoms with Crippen LogP contribution in [-0.4, -0.2) is 10.7 Å². The molecule has 0 fully saturated rings. The fourth-order valence-electron chi connectivity index (χ4n) is 2.56. The zero-order chi connectivity index (χ0) is 13.1. The molecule has 0 N–H and O–H groups in total. The van der Waals surface area contributed by atoms with Gasteiger partial charge in [-0.05, 0) is 36.8 Å². The van der Waals surface area contributed by atoms with Crippen LogP contribution in [0.3, 0.4) is 0 Å². The lowest BCUT2D eigenvalue weighted by molar-refractivity contribution is -0.385. The first kappa shape index (κ1) is 7.54. The van der Waals surface area contributed by atoms with E-state index in [2.05, 4.69) is 0 Å². The van der Waals surface area contributed by atoms with Crippen molar-refractivity contribution < 1.29 is 12.5 Å². The van der Waals surface area contributed by atoms with Crippen LogP contribution in [0, 0.1) is 10.1 Å². The second-order valence-electron chi connectivity index (χ2n) is 4.15. The fraction of sp³-hybridized carbons (Fsp3) is 0.417. The second kappa shape index (κ2) is 3.14. The Balaban J connectivity index is 2.39. The van der Waals surface area contributed by atoms with Crippen molar-refractivity contribution in [2.24, 2.45) is 0 Å². The number of hydrogen-bond donors (Lipinski definition) is 0. The zero-order valence-electron chi connectivity index (χ0n) is 10.6. The Kier molecular flexibility index (Phi) is 1.48. The van der Waals surface area contributed by atoms with Crippen LogP contribution in [0.15, 0.2) is 6.07 Å². The van der Waals surface area contributed by atoms with Crippen molar-refractivity contribution in [2.45, 2.75) is 32.1 Å². The van der Waals surface area contributed by atoms with E-state index in [9.17, 15) is 14.9 Å². The van der Waals surface area contributed by atoms with Crippen molar-refractivity contribution in [2.75, 3.05) is 0 Å². The standard InChI is InChI=1S/C12H11NO3/c14-10-5-4-8-6-7-2-1-3-9(7)12(11(8)10)13(15)16/h6H,1-5H2/i3D2. The number of rotatable bonds is 1. The van der Waals surface area contributed by atoms with Crippen LogP contribution in [0.4, 0.5) is 5.69 Å². The maximum atomic E-state index is 11.8. The van der Waals surface area contributed by atoms with Gasteiger partial charge in [0.05, 0.1) is 10.5 Å². The van der Waals surface area contributed by atoms with Gasteiger partial charge in [-0.25, -0.2) is 0 Å². The number of benzene rings is 1. The van der Waals surface area contributed by atoms with E-state index in [0.717, 1.165) is 0 Å². The van der Waals surface area contributed by atoms with E-state index in [4.69, 9.17) is 2.74 Å². The SMILES string of the molecule is [2H]C1([2H])CCc2cc3c(c([N+](=O)[O-])c21)C(=O)CC3. The normalized spacial score (nSPS) is 22.4. The van der Waals surface area contributed by atoms with E-state index in [-0.39, 0.29) is 29.0 Å². The third-order valence-corrected chi connectivity index (χ3v) is 3.24. The molecule has 2 aliphatic carbocycles. The number of Topliss-reactive ketones (excluding diaryl/α,β-unsaturated/α-hetero) is 1. The number of aryl methyl sites for hydroxylation is 2. The van der Waals surface area contributed by atoms with Gasteiger partial charge in [0.1, 0.15) is 0 Å². The smallest absolute Gasteiger partial charge is 0.283 e. The highest BCUT2D eigenvalue weighted by molar-refractivity contribution is 6.04. The van der Waals surface area contributed by atoms with E-state index in [1.807, 2.05) is 0 Å². The number of hydrogen-bond acceptors (Lipinski definition) is 3. The molecule has 4 nitrogen and oxygen atoms in total. The third kappa shape index (κ3) is 1.13. The monoisotopic (exact) mass is 219 g/mol. The van der Waals surface area contributed by atoms with Gasteiger partial charge in [-0.15, -0.1) is 0 Å². The summed E-state index contributed by atoms with van der Waals surface area (Å²) in [5, 5.41) is 11.2. The molecule has 0 bridgehead atoms. The molecule has 0 aliphatic heterocycles. The quantitative estimate of drug-likeness (QED) is 0.537. The number of nitro groups is 1. The molecule has 4 heteroatoms. The molecule has 2 aliphatic rings. The van der Waals surface area contributed by atoms with Gasteiger partial charge < -0.3 is 0 Å². The summed E-state index contributed by atoms with van der Waals surface area (Å²) < 4.78 is 15.8. The van der Waals surface area contributed by atoms with Crippen molar-refractivity contribution in [3.05, 3.63) is 38.4 Å². The first-order chi connectivity index (χ1) is 8.42. The van der Waals surface area contributed by atoms with Crippen molar-refractivity contribution >= 4 is 11.5 Å². The highest BCUT2D eigenvalue weighted by atomic mass is 16.6. The van der Waals surface area contributed by atoms with Crippen LogP contribution in [0.5, 0.6) is 0 Å². The molecule has 0 saturated carbocycles. The van der Waals surface area contributed by atoms with Gasteiger partial charge in [-0.1, -0.05) is 6.07 Å². The Morgan fingerprint density at radius 3 is 2.88 bits per heavy atom. The van der Waals surface area contributed by atoms with Crippen LogP contribution in [0.1, 0.15) is 42.6 Å². The van der Waals surface area contributed by atoms with Crippen molar-refractivity contribution in [3.63, 3.8) is 0 Å². The molecular formula is C12H11NO3. The predicted molar refractivity (Wildman–Crippen MR) is 57.8 cm³/mol. The Morgan fingerprint density at radius 1 is 1.31 bits per heavy atom. The molecule has 0 unspecified atom stereocenters. The maximum Gasteiger partial charge on any atom is 0.283 e. The van der Waals surface area contributed by atoms with E-state index < -0.39 is 11.3 Å². The van der Waals surface area contributed by atoms with Gasteiger partial charge in [0, 0.05) is 14.7 Å². The summed E-state index contributed by atoms with van der Waals surface area (Å²) >= 11 is 0. The van der Waals surface area contributed by atoms with E-state index in [0.29, 0.717) is 30.4 Å². The summed E-state index contributed by atoms with van der Waals surface area (Å²) in [7, 11) is 0. The lowest BCUT2D eigenvalue weighted by atomic mass is 9.99. The summed E-state index contributed by atoms with van der Waals surface area (Å²) in [6, 6.07) is 1.79. The topological polar surface area (TPSA) is 60.2 Å². The molecular weight excluding hydrogens is 206 g/mol. The van der Waals surface area contributed by atoms with Crippen LogP contribution < -0.4 is 0 Å². The zero-order valence-corrected chi connectivity index (χ0v) is 8.58. The average Bonchev–Trinajstić information content (AvgIpc) is 2.79. The highest BCUT2D eigenvalue weighted by Gasteiger charge is 2.34. The van der Waals surface area contributed by atoms with Gasteiger partial charge >= 0.3 is 0 Å². The first-order valence-corrected chi connectivity index (χ1v) is 5.28. The minimum absolute atomic E-state index is 0.126. The minimum atomic E-state index is -1.70. The lowest BCUT2D eigenvalue weighted by Crippen LogP contribution is -2.04. The largest absolute Gasteiger partial charge is 0.294 e. The van der Waals surface area contributed by atoms with Gasteiger partial charge in [0.15, 0.2) is 5.78 Å². The van der Waals surface area contributed by atoms with E-state index in [1.54, 1.807) is 6.07 Å². The second-order valence-corrected chi connectivity index (χ2v) is 4.15. The number of carbonyl (C=O) groups is 1. The number of fused-ring (bicyclic) bond motifs is 2. The summed E-state index contributed by atoms with van der Waals surface area (Å²) in [5.74, 6) is -0.234. The lowest BCUT2D eigenvalue weighted by Gasteiger charge is -2.06. The Hall–Kier alpha value is -1.71. The average molecular weight is 219 g/mol. The molecule has 0 radical (unpaired) electrons. The van der Waals surface area contributed by atoms with Crippen LogP contribution >= 0.6 is 0 Å². The van der Waals surface area contributed by atoms with Gasteiger partial charge in [0.2, 0.25) is 0 Å². The summed E-state index contributed by atoms with van der Waals surface area (Å²) in [6.07, 6.45) is -0.117. The van der Waals surface area contributed by atoms with Crippen LogP contribution in [0.25, 0.3) is 0 Å². The molecule has 1 aromatic carbocycles. The number of nitrogens with zero attached hydrogens (tertiary/aromatic N) is 1. The van der Waals surface area contributed by atoms with Gasteiger partial charge in [0.25, 0.3) is 5.69 Å². The van der Waals surface area contributed by atoms with Crippen molar-refractivity contribution in [1.29, 1.82) is 0 Å². The first-order valence-electron chi connectivity index (χ1n) is 6.28. The number of carbonyl (C=O) groups excluding carboxylic acids is 1. The molecule has 3 rings (SSSR count). The summed E-state index contributed by atoms with van der Waals surface area (Å²) in [4.78, 5) is 22.4. The highest BCUT2D eigenvalue weighted by Crippen LogP contribution is 2.39. The van der Waals surface area contributed by atoms with Crippen molar-refractivity contribution in [1.82, 2.24) is 0 Å². The fourth-order valence-corrected chi connectivity index (χ4v) is 2.56. The molecule has 1 aromatic rings. The number of nitro benzene ring substituents is 1. The number of ketones is 1. The van der Waals surface area contributed by atoms with Crippen LogP contribution in [0.2, 0.25) is 0 Å². The molecule has 0 heterocycles. The maximum absolute atomic E-state index is 11.8. The summed E-state index contributed by atoms with van der Waals surface area (Å²) in [6.45, 7) is 0. The Bertz CT molecular complexity index is 595. The Morgan fingerprint density at radius 2 is 2.12 bits per heavy atom. The molecule has 0 spiro atoms. The molecule has 0 atom stereocenters. The molecule has 0 aromatic heterocycles. The van der Waals surface area contributed by atoms with Gasteiger partial charge in [-0.2, -0.15) is 0 Å². The molecule has 0 amide bonds. The van der Waals surface area contributed by atoms with E-state index >= 15 is 0 Å². The minimum Gasteiger partial charge on any atom is -0.294 e. The van der Waals surface area contributed by atoms with Crippen molar-refractivity contribution in [3.8, 4) is 0 Å². The molecule has 16 heavy (non-hydrogen) atoms.